The van der Waals surface area contributed by atoms with Gasteiger partial charge in [-0.3, -0.25) is 4.79 Å². The summed E-state index contributed by atoms with van der Waals surface area (Å²) in [6, 6.07) is 9.02. The highest BCUT2D eigenvalue weighted by atomic mass is 19.1. The molecule has 0 saturated heterocycles. The van der Waals surface area contributed by atoms with Gasteiger partial charge in [-0.1, -0.05) is 18.2 Å². The molecular formula is C15H16FNO4. The van der Waals surface area contributed by atoms with Gasteiger partial charge in [0, 0.05) is 19.2 Å². The van der Waals surface area contributed by atoms with Gasteiger partial charge in [-0.05, 0) is 18.2 Å². The van der Waals surface area contributed by atoms with E-state index in [0.717, 1.165) is 0 Å². The fraction of sp³-hybridized carbons (Fsp3) is 0.267. The van der Waals surface area contributed by atoms with E-state index in [1.54, 1.807) is 12.1 Å². The largest absolute Gasteiger partial charge is 0.453 e. The van der Waals surface area contributed by atoms with Gasteiger partial charge in [0.05, 0.1) is 6.10 Å². The van der Waals surface area contributed by atoms with Gasteiger partial charge >= 0.3 is 0 Å². The van der Waals surface area contributed by atoms with Crippen molar-refractivity contribution in [1.82, 2.24) is 5.32 Å². The van der Waals surface area contributed by atoms with Crippen LogP contribution in [0.2, 0.25) is 0 Å². The summed E-state index contributed by atoms with van der Waals surface area (Å²) >= 11 is 0. The van der Waals surface area contributed by atoms with Crippen LogP contribution in [0.15, 0.2) is 40.8 Å². The number of halogens is 1. The maximum absolute atomic E-state index is 13.5. The zero-order chi connectivity index (χ0) is 15.2. The molecule has 0 radical (unpaired) electrons. The Morgan fingerprint density at radius 1 is 1.38 bits per heavy atom. The normalized spacial score (nSPS) is 12.1. The fourth-order valence-corrected chi connectivity index (χ4v) is 1.85. The molecule has 0 aliphatic rings. The monoisotopic (exact) mass is 293 g/mol. The zero-order valence-corrected chi connectivity index (χ0v) is 11.5. The molecule has 0 spiro atoms. The Morgan fingerprint density at radius 2 is 2.14 bits per heavy atom. The average Bonchev–Trinajstić information content (AvgIpc) is 2.94. The van der Waals surface area contributed by atoms with Crippen molar-refractivity contribution in [1.29, 1.82) is 0 Å². The van der Waals surface area contributed by atoms with E-state index >= 15 is 0 Å². The van der Waals surface area contributed by atoms with Crippen LogP contribution in [0.3, 0.4) is 0 Å². The fourth-order valence-electron chi connectivity index (χ4n) is 1.85. The molecule has 21 heavy (non-hydrogen) atoms. The first-order valence-corrected chi connectivity index (χ1v) is 6.40. The van der Waals surface area contributed by atoms with Crippen molar-refractivity contribution in [3.63, 3.8) is 0 Å². The Hall–Kier alpha value is -2.18. The Balaban J connectivity index is 1.92. The van der Waals surface area contributed by atoms with Crippen molar-refractivity contribution >= 4 is 5.91 Å². The number of benzene rings is 1. The summed E-state index contributed by atoms with van der Waals surface area (Å²) in [5.41, 5.74) is 0.136. The van der Waals surface area contributed by atoms with E-state index in [2.05, 4.69) is 5.32 Å². The minimum Gasteiger partial charge on any atom is -0.453 e. The minimum atomic E-state index is -1.12. The lowest BCUT2D eigenvalue weighted by atomic mass is 10.1. The predicted octanol–water partition coefficient (Wildman–Crippen LogP) is 2.03. The number of hydrogen-bond acceptors (Lipinski definition) is 4. The molecule has 1 unspecified atom stereocenters. The summed E-state index contributed by atoms with van der Waals surface area (Å²) in [6.45, 7) is 0.158. The van der Waals surface area contributed by atoms with Crippen LogP contribution < -0.4 is 5.32 Å². The van der Waals surface area contributed by atoms with Crippen LogP contribution in [-0.4, -0.2) is 24.7 Å². The molecule has 2 N–H and O–H groups in total. The van der Waals surface area contributed by atoms with E-state index in [4.69, 9.17) is 9.15 Å². The minimum absolute atomic E-state index is 0.111. The molecule has 0 fully saturated rings. The molecular weight excluding hydrogens is 277 g/mol. The van der Waals surface area contributed by atoms with Gasteiger partial charge in [-0.2, -0.15) is 0 Å². The van der Waals surface area contributed by atoms with Crippen molar-refractivity contribution in [3.8, 4) is 0 Å². The molecule has 1 amide bonds. The van der Waals surface area contributed by atoms with E-state index in [1.165, 1.54) is 31.4 Å². The Kier molecular flexibility index (Phi) is 5.08. The molecule has 1 atom stereocenters. The van der Waals surface area contributed by atoms with Crippen molar-refractivity contribution in [2.75, 3.05) is 13.7 Å². The number of aliphatic hydroxyl groups is 1. The Bertz CT molecular complexity index is 611. The van der Waals surface area contributed by atoms with Crippen molar-refractivity contribution in [3.05, 3.63) is 59.3 Å². The van der Waals surface area contributed by atoms with Gasteiger partial charge in [0.15, 0.2) is 5.76 Å². The number of methoxy groups -OCH3 is 1. The maximum Gasteiger partial charge on any atom is 0.287 e. The first-order valence-electron chi connectivity index (χ1n) is 6.40. The molecule has 0 aliphatic carbocycles. The number of carbonyl (C=O) groups is 1. The number of furan rings is 1. The Morgan fingerprint density at radius 3 is 2.86 bits per heavy atom. The van der Waals surface area contributed by atoms with E-state index in [-0.39, 0.29) is 24.5 Å². The number of aliphatic hydroxyl groups excluding tert-OH is 1. The van der Waals surface area contributed by atoms with Gasteiger partial charge < -0.3 is 19.6 Å². The summed E-state index contributed by atoms with van der Waals surface area (Å²) < 4.78 is 23.6. The molecule has 0 bridgehead atoms. The zero-order valence-electron chi connectivity index (χ0n) is 11.5. The first kappa shape index (κ1) is 15.2. The van der Waals surface area contributed by atoms with Crippen LogP contribution in [0.4, 0.5) is 4.39 Å². The highest BCUT2D eigenvalue weighted by molar-refractivity contribution is 5.91. The number of nitrogens with one attached hydrogen (secondary N) is 1. The van der Waals surface area contributed by atoms with Crippen LogP contribution in [0, 0.1) is 5.82 Å². The standard InChI is InChI=1S/C15H16FNO4/c1-20-9-10-6-7-14(21-10)15(19)17-8-13(18)11-4-2-3-5-12(11)16/h2-7,13,18H,8-9H2,1H3,(H,17,19). The summed E-state index contributed by atoms with van der Waals surface area (Å²) in [5, 5.41) is 12.4. The lowest BCUT2D eigenvalue weighted by Crippen LogP contribution is -2.28. The SMILES string of the molecule is COCc1ccc(C(=O)NCC(O)c2ccccc2F)o1. The van der Waals surface area contributed by atoms with Crippen LogP contribution in [0.25, 0.3) is 0 Å². The lowest BCUT2D eigenvalue weighted by molar-refractivity contribution is 0.0878. The second-order valence-corrected chi connectivity index (χ2v) is 4.45. The quantitative estimate of drug-likeness (QED) is 0.855. The Labute approximate surface area is 121 Å². The van der Waals surface area contributed by atoms with Crippen molar-refractivity contribution < 1.29 is 23.4 Å². The molecule has 6 heteroatoms. The van der Waals surface area contributed by atoms with Crippen LogP contribution >= 0.6 is 0 Å². The molecule has 5 nitrogen and oxygen atoms in total. The molecule has 1 aromatic carbocycles. The number of carbonyl (C=O) groups excluding carboxylic acids is 1. The van der Waals surface area contributed by atoms with Crippen LogP contribution in [0.1, 0.15) is 28.0 Å². The average molecular weight is 293 g/mol. The van der Waals surface area contributed by atoms with Crippen molar-refractivity contribution in [2.24, 2.45) is 0 Å². The summed E-state index contributed by atoms with van der Waals surface area (Å²) in [5.74, 6) is -0.354. The molecule has 112 valence electrons. The van der Waals surface area contributed by atoms with Gasteiger partial charge in [-0.15, -0.1) is 0 Å². The number of ether oxygens (including phenoxy) is 1. The van der Waals surface area contributed by atoms with Crippen LogP contribution in [-0.2, 0) is 11.3 Å². The molecule has 2 aromatic rings. The lowest BCUT2D eigenvalue weighted by Gasteiger charge is -2.12. The smallest absolute Gasteiger partial charge is 0.287 e. The number of amides is 1. The highest BCUT2D eigenvalue weighted by Gasteiger charge is 2.16. The van der Waals surface area contributed by atoms with E-state index in [9.17, 15) is 14.3 Å². The summed E-state index contributed by atoms with van der Waals surface area (Å²) in [6.07, 6.45) is -1.12. The molecule has 1 aromatic heterocycles. The van der Waals surface area contributed by atoms with Crippen LogP contribution in [0.5, 0.6) is 0 Å². The molecule has 0 aliphatic heterocycles. The van der Waals surface area contributed by atoms with Crippen molar-refractivity contribution in [2.45, 2.75) is 12.7 Å². The van der Waals surface area contributed by atoms with Gasteiger partial charge in [0.1, 0.15) is 18.2 Å². The first-order chi connectivity index (χ1) is 10.1. The van der Waals surface area contributed by atoms with E-state index in [0.29, 0.717) is 5.76 Å². The van der Waals surface area contributed by atoms with Gasteiger partial charge in [0.25, 0.3) is 5.91 Å². The van der Waals surface area contributed by atoms with Gasteiger partial charge in [-0.25, -0.2) is 4.39 Å². The number of hydrogen-bond donors (Lipinski definition) is 2. The second-order valence-electron chi connectivity index (χ2n) is 4.45. The molecule has 0 saturated carbocycles. The second kappa shape index (κ2) is 7.01. The molecule has 2 rings (SSSR count). The summed E-state index contributed by atoms with van der Waals surface area (Å²) in [7, 11) is 1.52. The third-order valence-corrected chi connectivity index (χ3v) is 2.89. The van der Waals surface area contributed by atoms with E-state index < -0.39 is 17.8 Å². The maximum atomic E-state index is 13.5. The third kappa shape index (κ3) is 3.90. The molecule has 1 heterocycles. The van der Waals surface area contributed by atoms with E-state index in [1.807, 2.05) is 0 Å². The number of rotatable bonds is 6. The van der Waals surface area contributed by atoms with Gasteiger partial charge in [0.2, 0.25) is 0 Å². The highest BCUT2D eigenvalue weighted by Crippen LogP contribution is 2.16. The summed E-state index contributed by atoms with van der Waals surface area (Å²) in [4.78, 5) is 11.8. The third-order valence-electron chi connectivity index (χ3n) is 2.89. The predicted molar refractivity (Wildman–Crippen MR) is 73.1 cm³/mol. The topological polar surface area (TPSA) is 71.7 Å².